The first kappa shape index (κ1) is 19.9. The van der Waals surface area contributed by atoms with Gasteiger partial charge in [0.1, 0.15) is 10.6 Å². The molecule has 0 saturated heterocycles. The van der Waals surface area contributed by atoms with Gasteiger partial charge in [0.05, 0.1) is 17.6 Å². The van der Waals surface area contributed by atoms with Gasteiger partial charge in [0.25, 0.3) is 0 Å². The molecule has 0 spiro atoms. The first-order chi connectivity index (χ1) is 12.3. The normalized spacial score (nSPS) is 20.2. The number of ether oxygens (including phenoxy) is 1. The third-order valence-corrected chi connectivity index (χ3v) is 6.72. The van der Waals surface area contributed by atoms with Gasteiger partial charge < -0.3 is 15.0 Å². The van der Waals surface area contributed by atoms with Gasteiger partial charge in [0.15, 0.2) is 5.16 Å². The number of fused-ring (bicyclic) bond motifs is 3. The lowest BCUT2D eigenvalue weighted by atomic mass is 9.90. The molecular formula is C19H30N4OS2. The van der Waals surface area contributed by atoms with Crippen LogP contribution in [-0.2, 0) is 17.8 Å². The quantitative estimate of drug-likeness (QED) is 0.555. The summed E-state index contributed by atoms with van der Waals surface area (Å²) < 4.78 is 6.15. The van der Waals surface area contributed by atoms with Gasteiger partial charge in [-0.2, -0.15) is 0 Å². The molecule has 2 aromatic rings. The van der Waals surface area contributed by atoms with E-state index in [0.717, 1.165) is 41.7 Å². The molecule has 0 amide bonds. The first-order valence-electron chi connectivity index (χ1n) is 9.33. The highest BCUT2D eigenvalue weighted by molar-refractivity contribution is 7.99. The van der Waals surface area contributed by atoms with Crippen molar-refractivity contribution >= 4 is 39.1 Å². The minimum Gasteiger partial charge on any atom is -0.369 e. The van der Waals surface area contributed by atoms with Gasteiger partial charge in [-0.15, -0.1) is 11.3 Å². The van der Waals surface area contributed by atoms with Crippen molar-refractivity contribution in [2.75, 3.05) is 32.5 Å². The summed E-state index contributed by atoms with van der Waals surface area (Å²) in [5.74, 6) is 0.984. The van der Waals surface area contributed by atoms with E-state index in [4.69, 9.17) is 14.7 Å². The van der Waals surface area contributed by atoms with Crippen LogP contribution in [0.5, 0.6) is 0 Å². The number of aromatic nitrogens is 2. The molecule has 26 heavy (non-hydrogen) atoms. The smallest absolute Gasteiger partial charge is 0.191 e. The highest BCUT2D eigenvalue weighted by atomic mass is 32.2. The van der Waals surface area contributed by atoms with E-state index in [9.17, 15) is 0 Å². The van der Waals surface area contributed by atoms with Crippen LogP contribution in [-0.4, -0.2) is 52.9 Å². The van der Waals surface area contributed by atoms with Gasteiger partial charge in [-0.3, -0.25) is 0 Å². The van der Waals surface area contributed by atoms with E-state index in [-0.39, 0.29) is 5.60 Å². The number of anilines is 1. The molecule has 1 atom stereocenters. The predicted octanol–water partition coefficient (Wildman–Crippen LogP) is 4.41. The van der Waals surface area contributed by atoms with Crippen LogP contribution in [0.3, 0.4) is 0 Å². The molecule has 1 aliphatic rings. The summed E-state index contributed by atoms with van der Waals surface area (Å²) in [6.45, 7) is 11.3. The molecule has 2 aromatic heterocycles. The van der Waals surface area contributed by atoms with Gasteiger partial charge in [0.2, 0.25) is 0 Å². The third-order valence-electron chi connectivity index (χ3n) is 4.76. The topological polar surface area (TPSA) is 50.3 Å². The summed E-state index contributed by atoms with van der Waals surface area (Å²) in [7, 11) is 4.18. The second-order valence-electron chi connectivity index (χ2n) is 7.70. The molecule has 0 radical (unpaired) electrons. The summed E-state index contributed by atoms with van der Waals surface area (Å²) in [5, 5.41) is 6.10. The summed E-state index contributed by atoms with van der Waals surface area (Å²) in [6.07, 6.45) is 1.94. The zero-order valence-corrected chi connectivity index (χ0v) is 18.3. The molecule has 1 N–H and O–H groups in total. The van der Waals surface area contributed by atoms with Crippen LogP contribution in [0.15, 0.2) is 5.16 Å². The van der Waals surface area contributed by atoms with Gasteiger partial charge in [-0.25, -0.2) is 9.97 Å². The standard InChI is InChI=1S/C19H30N4OS2/c1-7-19(4)10-13-14(11-24-19)26-17-15(13)16(20-8-9-23(5)6)21-18(22-17)25-12(2)3/h12H,7-11H2,1-6H3,(H,20,21,22). The Kier molecular flexibility index (Phi) is 6.11. The molecular weight excluding hydrogens is 364 g/mol. The number of hydrogen-bond acceptors (Lipinski definition) is 7. The van der Waals surface area contributed by atoms with E-state index in [0.29, 0.717) is 11.9 Å². The molecule has 3 heterocycles. The van der Waals surface area contributed by atoms with E-state index in [1.807, 2.05) is 0 Å². The molecule has 0 bridgehead atoms. The Balaban J connectivity index is 2.03. The van der Waals surface area contributed by atoms with Crippen molar-refractivity contribution in [3.8, 4) is 0 Å². The van der Waals surface area contributed by atoms with Crippen LogP contribution in [0.25, 0.3) is 10.2 Å². The summed E-state index contributed by atoms with van der Waals surface area (Å²) in [6, 6.07) is 0. The molecule has 0 aliphatic carbocycles. The van der Waals surface area contributed by atoms with Gasteiger partial charge in [0, 0.05) is 29.6 Å². The van der Waals surface area contributed by atoms with Crippen molar-refractivity contribution in [3.63, 3.8) is 0 Å². The molecule has 7 heteroatoms. The molecule has 0 fully saturated rings. The lowest BCUT2D eigenvalue weighted by molar-refractivity contribution is -0.0542. The number of hydrogen-bond donors (Lipinski definition) is 1. The monoisotopic (exact) mass is 394 g/mol. The zero-order chi connectivity index (χ0) is 18.9. The second kappa shape index (κ2) is 8.00. The van der Waals surface area contributed by atoms with Gasteiger partial charge >= 0.3 is 0 Å². The maximum absolute atomic E-state index is 6.15. The fourth-order valence-corrected chi connectivity index (χ4v) is 4.94. The fourth-order valence-electron chi connectivity index (χ4n) is 3.07. The Morgan fingerprint density at radius 3 is 2.77 bits per heavy atom. The van der Waals surface area contributed by atoms with Crippen molar-refractivity contribution in [2.45, 2.75) is 63.2 Å². The molecule has 3 rings (SSSR count). The number of likely N-dealkylation sites (N-methyl/N-ethyl adjacent to an activating group) is 1. The molecule has 0 saturated carbocycles. The highest BCUT2D eigenvalue weighted by Gasteiger charge is 2.33. The van der Waals surface area contributed by atoms with Crippen LogP contribution < -0.4 is 5.32 Å². The maximum atomic E-state index is 6.15. The maximum Gasteiger partial charge on any atom is 0.191 e. The summed E-state index contributed by atoms with van der Waals surface area (Å²) in [5.41, 5.74) is 1.29. The minimum atomic E-state index is -0.0900. The Bertz CT molecular complexity index is 774. The summed E-state index contributed by atoms with van der Waals surface area (Å²) >= 11 is 3.49. The SMILES string of the molecule is CCC1(C)Cc2c(sc3nc(SC(C)C)nc(NCCN(C)C)c23)CO1. The summed E-state index contributed by atoms with van der Waals surface area (Å²) in [4.78, 5) is 14.3. The van der Waals surface area contributed by atoms with Crippen molar-refractivity contribution in [1.29, 1.82) is 0 Å². The molecule has 0 aromatic carbocycles. The number of nitrogens with zero attached hydrogens (tertiary/aromatic N) is 3. The highest BCUT2D eigenvalue weighted by Crippen LogP contribution is 2.42. The van der Waals surface area contributed by atoms with Crippen molar-refractivity contribution in [3.05, 3.63) is 10.4 Å². The number of thiophene rings is 1. The molecule has 1 unspecified atom stereocenters. The predicted molar refractivity (Wildman–Crippen MR) is 113 cm³/mol. The first-order valence-corrected chi connectivity index (χ1v) is 11.0. The fraction of sp³-hybridized carbons (Fsp3) is 0.684. The molecule has 5 nitrogen and oxygen atoms in total. The van der Waals surface area contributed by atoms with Crippen LogP contribution >= 0.6 is 23.1 Å². The van der Waals surface area contributed by atoms with Crippen LogP contribution in [0.1, 0.15) is 44.6 Å². The largest absolute Gasteiger partial charge is 0.369 e. The van der Waals surface area contributed by atoms with Crippen LogP contribution in [0.2, 0.25) is 0 Å². The van der Waals surface area contributed by atoms with E-state index < -0.39 is 0 Å². The van der Waals surface area contributed by atoms with Crippen molar-refractivity contribution in [1.82, 2.24) is 14.9 Å². The van der Waals surface area contributed by atoms with E-state index in [1.54, 1.807) is 23.1 Å². The Morgan fingerprint density at radius 1 is 1.35 bits per heavy atom. The average molecular weight is 395 g/mol. The van der Waals surface area contributed by atoms with Crippen LogP contribution in [0, 0.1) is 0 Å². The Morgan fingerprint density at radius 2 is 2.12 bits per heavy atom. The Labute approximate surface area is 164 Å². The van der Waals surface area contributed by atoms with Gasteiger partial charge in [-0.1, -0.05) is 32.5 Å². The number of nitrogens with one attached hydrogen (secondary N) is 1. The minimum absolute atomic E-state index is 0.0900. The lowest BCUT2D eigenvalue weighted by Crippen LogP contribution is -2.34. The lowest BCUT2D eigenvalue weighted by Gasteiger charge is -2.33. The van der Waals surface area contributed by atoms with Crippen molar-refractivity contribution < 1.29 is 4.74 Å². The van der Waals surface area contributed by atoms with Crippen LogP contribution in [0.4, 0.5) is 5.82 Å². The van der Waals surface area contributed by atoms with E-state index in [2.05, 4.69) is 52.0 Å². The second-order valence-corrected chi connectivity index (χ2v) is 10.3. The number of rotatable bonds is 7. The van der Waals surface area contributed by atoms with Crippen molar-refractivity contribution in [2.24, 2.45) is 0 Å². The third kappa shape index (κ3) is 4.32. The molecule has 144 valence electrons. The van der Waals surface area contributed by atoms with E-state index >= 15 is 0 Å². The molecule has 1 aliphatic heterocycles. The average Bonchev–Trinajstić information content (AvgIpc) is 2.91. The number of thioether (sulfide) groups is 1. The van der Waals surface area contributed by atoms with Gasteiger partial charge in [-0.05, 0) is 33.0 Å². The Hall–Kier alpha value is -0.890. The zero-order valence-electron chi connectivity index (χ0n) is 16.7. The van der Waals surface area contributed by atoms with E-state index in [1.165, 1.54) is 15.8 Å².